The predicted octanol–water partition coefficient (Wildman–Crippen LogP) is 1.79. The zero-order chi connectivity index (χ0) is 12.3. The van der Waals surface area contributed by atoms with Crippen LogP contribution in [0.5, 0.6) is 0 Å². The molecule has 0 aliphatic heterocycles. The third-order valence-electron chi connectivity index (χ3n) is 2.44. The molecule has 0 aliphatic rings. The fourth-order valence-corrected chi connectivity index (χ4v) is 1.69. The van der Waals surface area contributed by atoms with Crippen LogP contribution in [-0.4, -0.2) is 21.6 Å². The predicted molar refractivity (Wildman–Crippen MR) is 66.2 cm³/mol. The Morgan fingerprint density at radius 1 is 1.35 bits per heavy atom. The molecule has 0 saturated heterocycles. The Labute approximate surface area is 100 Å². The lowest BCUT2D eigenvalue weighted by Gasteiger charge is -2.07. The zero-order valence-corrected chi connectivity index (χ0v) is 9.71. The molecule has 0 bridgehead atoms. The molecule has 1 atom stereocenters. The third-order valence-corrected chi connectivity index (χ3v) is 2.44. The maximum atomic E-state index is 12.0. The van der Waals surface area contributed by atoms with E-state index in [1.807, 2.05) is 37.3 Å². The summed E-state index contributed by atoms with van der Waals surface area (Å²) in [6.45, 7) is 1.82. The van der Waals surface area contributed by atoms with Crippen LogP contribution < -0.4 is 5.73 Å². The molecule has 2 rings (SSSR count). The van der Waals surface area contributed by atoms with Crippen LogP contribution in [0, 0.1) is 0 Å². The number of nitrogens with two attached hydrogens (primary N) is 1. The summed E-state index contributed by atoms with van der Waals surface area (Å²) in [5, 5.41) is 4.17. The highest BCUT2D eigenvalue weighted by Crippen LogP contribution is 2.12. The summed E-state index contributed by atoms with van der Waals surface area (Å²) in [6.07, 6.45) is 1.96. The molecule has 2 aromatic rings. The van der Waals surface area contributed by atoms with E-state index in [2.05, 4.69) is 5.10 Å². The minimum absolute atomic E-state index is 0.0151. The second-order valence-corrected chi connectivity index (χ2v) is 4.07. The van der Waals surface area contributed by atoms with Crippen molar-refractivity contribution in [1.82, 2.24) is 9.78 Å². The molecule has 1 unspecified atom stereocenters. The van der Waals surface area contributed by atoms with Gasteiger partial charge in [-0.15, -0.1) is 0 Å². The van der Waals surface area contributed by atoms with Gasteiger partial charge in [0.05, 0.1) is 11.9 Å². The Morgan fingerprint density at radius 3 is 2.71 bits per heavy atom. The molecule has 0 radical (unpaired) electrons. The van der Waals surface area contributed by atoms with Crippen molar-refractivity contribution in [2.45, 2.75) is 19.4 Å². The van der Waals surface area contributed by atoms with Crippen molar-refractivity contribution in [3.8, 4) is 5.69 Å². The monoisotopic (exact) mass is 229 g/mol. The van der Waals surface area contributed by atoms with E-state index in [1.165, 1.54) is 0 Å². The summed E-state index contributed by atoms with van der Waals surface area (Å²) >= 11 is 0. The molecule has 0 aliphatic carbocycles. The summed E-state index contributed by atoms with van der Waals surface area (Å²) in [5.74, 6) is 0.0151. The molecule has 0 fully saturated rings. The number of carbonyl (C=O) groups is 1. The number of nitrogens with zero attached hydrogens (tertiary/aromatic N) is 2. The maximum Gasteiger partial charge on any atom is 0.182 e. The number of carbonyl (C=O) groups excluding carboxylic acids is 1. The Morgan fingerprint density at radius 2 is 2.06 bits per heavy atom. The highest BCUT2D eigenvalue weighted by molar-refractivity contribution is 5.95. The number of Topliss-reactive ketones (excluding diaryl/α,β-unsaturated/α-hetero) is 1. The largest absolute Gasteiger partial charge is 0.328 e. The summed E-state index contributed by atoms with van der Waals surface area (Å²) < 4.78 is 1.64. The summed E-state index contributed by atoms with van der Waals surface area (Å²) in [7, 11) is 0. The van der Waals surface area contributed by atoms with Crippen molar-refractivity contribution in [2.75, 3.05) is 0 Å². The molecule has 4 heteroatoms. The molecular formula is C13H15N3O. The Kier molecular flexibility index (Phi) is 3.35. The summed E-state index contributed by atoms with van der Waals surface area (Å²) in [6, 6.07) is 11.2. The van der Waals surface area contributed by atoms with Crippen LogP contribution in [0.15, 0.2) is 42.6 Å². The normalized spacial score (nSPS) is 12.4. The van der Waals surface area contributed by atoms with Crippen molar-refractivity contribution >= 4 is 5.78 Å². The Hall–Kier alpha value is -1.94. The first-order valence-corrected chi connectivity index (χ1v) is 5.56. The van der Waals surface area contributed by atoms with Crippen molar-refractivity contribution in [1.29, 1.82) is 0 Å². The number of ketones is 1. The van der Waals surface area contributed by atoms with Crippen LogP contribution >= 0.6 is 0 Å². The topological polar surface area (TPSA) is 60.9 Å². The molecule has 17 heavy (non-hydrogen) atoms. The molecule has 88 valence electrons. The average molecular weight is 229 g/mol. The number of rotatable bonds is 4. The minimum atomic E-state index is -0.137. The minimum Gasteiger partial charge on any atom is -0.328 e. The molecule has 1 heterocycles. The van der Waals surface area contributed by atoms with Gasteiger partial charge in [-0.25, -0.2) is 4.68 Å². The summed E-state index contributed by atoms with van der Waals surface area (Å²) in [4.78, 5) is 12.0. The van der Waals surface area contributed by atoms with E-state index in [4.69, 9.17) is 5.73 Å². The molecule has 0 spiro atoms. The van der Waals surface area contributed by atoms with E-state index in [0.717, 1.165) is 5.69 Å². The van der Waals surface area contributed by atoms with E-state index in [1.54, 1.807) is 16.9 Å². The van der Waals surface area contributed by atoms with Gasteiger partial charge < -0.3 is 5.73 Å². The molecule has 4 nitrogen and oxygen atoms in total. The fourth-order valence-electron chi connectivity index (χ4n) is 1.69. The van der Waals surface area contributed by atoms with Crippen molar-refractivity contribution < 1.29 is 4.79 Å². The molecular weight excluding hydrogens is 214 g/mol. The second-order valence-electron chi connectivity index (χ2n) is 4.07. The van der Waals surface area contributed by atoms with Crippen molar-refractivity contribution in [2.24, 2.45) is 5.73 Å². The van der Waals surface area contributed by atoms with Gasteiger partial charge in [0.1, 0.15) is 5.69 Å². The number of aromatic nitrogens is 2. The van der Waals surface area contributed by atoms with E-state index < -0.39 is 0 Å². The van der Waals surface area contributed by atoms with Crippen molar-refractivity contribution in [3.05, 3.63) is 48.3 Å². The lowest BCUT2D eigenvalue weighted by molar-refractivity contribution is 0.0969. The van der Waals surface area contributed by atoms with Crippen LogP contribution in [0.3, 0.4) is 0 Å². The highest BCUT2D eigenvalue weighted by atomic mass is 16.1. The van der Waals surface area contributed by atoms with Crippen LogP contribution in [0.25, 0.3) is 5.69 Å². The Balaban J connectivity index is 2.32. The maximum absolute atomic E-state index is 12.0. The molecule has 1 aromatic carbocycles. The SMILES string of the molecule is CC(N)CC(=O)c1ccnn1-c1ccccc1. The van der Waals surface area contributed by atoms with E-state index in [-0.39, 0.29) is 11.8 Å². The van der Waals surface area contributed by atoms with Crippen LogP contribution in [0.4, 0.5) is 0 Å². The van der Waals surface area contributed by atoms with Crippen molar-refractivity contribution in [3.63, 3.8) is 0 Å². The van der Waals surface area contributed by atoms with Gasteiger partial charge in [0.25, 0.3) is 0 Å². The summed E-state index contributed by atoms with van der Waals surface area (Å²) in [5.41, 5.74) is 7.10. The quantitative estimate of drug-likeness (QED) is 0.813. The average Bonchev–Trinajstić information content (AvgIpc) is 2.78. The number of hydrogen-bond donors (Lipinski definition) is 1. The van der Waals surface area contributed by atoms with E-state index >= 15 is 0 Å². The van der Waals surface area contributed by atoms with Gasteiger partial charge in [-0.3, -0.25) is 4.79 Å². The van der Waals surface area contributed by atoms with Gasteiger partial charge in [-0.05, 0) is 25.1 Å². The first-order valence-electron chi connectivity index (χ1n) is 5.56. The van der Waals surface area contributed by atoms with Gasteiger partial charge in [0.15, 0.2) is 5.78 Å². The molecule has 1 aromatic heterocycles. The van der Waals surface area contributed by atoms with Crippen LogP contribution in [0.1, 0.15) is 23.8 Å². The number of hydrogen-bond acceptors (Lipinski definition) is 3. The first-order chi connectivity index (χ1) is 8.18. The van der Waals surface area contributed by atoms with Gasteiger partial charge in [0.2, 0.25) is 0 Å². The van der Waals surface area contributed by atoms with Gasteiger partial charge >= 0.3 is 0 Å². The van der Waals surface area contributed by atoms with Gasteiger partial charge in [-0.1, -0.05) is 18.2 Å². The lowest BCUT2D eigenvalue weighted by atomic mass is 10.1. The zero-order valence-electron chi connectivity index (χ0n) is 9.71. The lowest BCUT2D eigenvalue weighted by Crippen LogP contribution is -2.21. The number of benzene rings is 1. The molecule has 2 N–H and O–H groups in total. The van der Waals surface area contributed by atoms with E-state index in [0.29, 0.717) is 12.1 Å². The first kappa shape index (κ1) is 11.5. The Bertz CT molecular complexity index is 502. The number of para-hydroxylation sites is 1. The van der Waals surface area contributed by atoms with E-state index in [9.17, 15) is 4.79 Å². The molecule has 0 amide bonds. The smallest absolute Gasteiger partial charge is 0.182 e. The van der Waals surface area contributed by atoms with Crippen LogP contribution in [0.2, 0.25) is 0 Å². The van der Waals surface area contributed by atoms with Crippen LogP contribution in [-0.2, 0) is 0 Å². The standard InChI is InChI=1S/C13H15N3O/c1-10(14)9-13(17)12-7-8-15-16(12)11-5-3-2-4-6-11/h2-8,10H,9,14H2,1H3. The second kappa shape index (κ2) is 4.93. The third kappa shape index (κ3) is 2.60. The van der Waals surface area contributed by atoms with Gasteiger partial charge in [-0.2, -0.15) is 5.10 Å². The van der Waals surface area contributed by atoms with Gasteiger partial charge in [0, 0.05) is 12.5 Å². The molecule has 0 saturated carbocycles. The highest BCUT2D eigenvalue weighted by Gasteiger charge is 2.14. The fraction of sp³-hybridized carbons (Fsp3) is 0.231.